The molecule has 5 unspecified atom stereocenters. The smallest absolute Gasteiger partial charge is 0.132 e. The third kappa shape index (κ3) is 4.13. The molecule has 0 bridgehead atoms. The molecule has 1 fully saturated rings. The summed E-state index contributed by atoms with van der Waals surface area (Å²) in [5.41, 5.74) is 0.451. The van der Waals surface area contributed by atoms with Crippen LogP contribution in [0, 0.1) is 0 Å². The summed E-state index contributed by atoms with van der Waals surface area (Å²) in [6.45, 7) is -0.402. The molecule has 7 heteroatoms. The number of hydrogen-bond donors (Lipinski definition) is 4. The van der Waals surface area contributed by atoms with Gasteiger partial charge in [0.05, 0.1) is 13.7 Å². The first-order valence-electron chi connectivity index (χ1n) is 7.12. The molecular weight excluding hydrogens is 308 g/mol. The van der Waals surface area contributed by atoms with Gasteiger partial charge >= 0.3 is 0 Å². The van der Waals surface area contributed by atoms with Crippen molar-refractivity contribution in [1.82, 2.24) is 0 Å². The van der Waals surface area contributed by atoms with Crippen molar-refractivity contribution in [3.05, 3.63) is 29.8 Å². The number of thioether (sulfide) groups is 1. The molecular formula is C15H22O6S. The summed E-state index contributed by atoms with van der Waals surface area (Å²) in [6, 6.07) is 7.70. The molecule has 2 rings (SSSR count). The van der Waals surface area contributed by atoms with E-state index in [-0.39, 0.29) is 0 Å². The highest BCUT2D eigenvalue weighted by molar-refractivity contribution is 7.99. The van der Waals surface area contributed by atoms with Gasteiger partial charge in [0.25, 0.3) is 0 Å². The third-order valence-electron chi connectivity index (χ3n) is 3.68. The lowest BCUT2D eigenvalue weighted by molar-refractivity contribution is -0.205. The molecule has 0 aliphatic carbocycles. The summed E-state index contributed by atoms with van der Waals surface area (Å²) in [5.74, 6) is 1.47. The van der Waals surface area contributed by atoms with Crippen LogP contribution in [0.1, 0.15) is 5.56 Å². The maximum Gasteiger partial charge on any atom is 0.132 e. The molecule has 0 aromatic heterocycles. The first-order chi connectivity index (χ1) is 10.6. The molecule has 124 valence electrons. The fraction of sp³-hybridized carbons (Fsp3) is 0.600. The molecule has 5 atom stereocenters. The van der Waals surface area contributed by atoms with Crippen molar-refractivity contribution in [2.24, 2.45) is 0 Å². The normalized spacial score (nSPS) is 32.0. The minimum atomic E-state index is -1.32. The quantitative estimate of drug-likeness (QED) is 0.572. The van der Waals surface area contributed by atoms with E-state index in [4.69, 9.17) is 14.6 Å². The number of ether oxygens (including phenoxy) is 2. The fourth-order valence-electron chi connectivity index (χ4n) is 2.29. The molecule has 6 nitrogen and oxygen atoms in total. The second kappa shape index (κ2) is 8.14. The van der Waals surface area contributed by atoms with Crippen LogP contribution < -0.4 is 4.74 Å². The summed E-state index contributed by atoms with van der Waals surface area (Å²) in [7, 11) is 1.62. The zero-order chi connectivity index (χ0) is 16.1. The average molecular weight is 330 g/mol. The first-order valence-corrected chi connectivity index (χ1v) is 8.16. The Balaban J connectivity index is 1.84. The van der Waals surface area contributed by atoms with Gasteiger partial charge in [-0.3, -0.25) is 0 Å². The first kappa shape index (κ1) is 17.5. The summed E-state index contributed by atoms with van der Waals surface area (Å²) in [6.07, 6.45) is -3.89. The van der Waals surface area contributed by atoms with Gasteiger partial charge in [0, 0.05) is 0 Å². The van der Waals surface area contributed by atoms with Crippen LogP contribution in [-0.2, 0) is 11.2 Å². The number of aliphatic hydroxyl groups excluding tert-OH is 4. The molecule has 1 aromatic rings. The predicted molar refractivity (Wildman–Crippen MR) is 82.9 cm³/mol. The van der Waals surface area contributed by atoms with Crippen LogP contribution in [-0.4, -0.2) is 69.7 Å². The molecule has 0 amide bonds. The minimum Gasteiger partial charge on any atom is -0.497 e. The van der Waals surface area contributed by atoms with E-state index in [2.05, 4.69) is 0 Å². The van der Waals surface area contributed by atoms with Crippen LogP contribution in [0.5, 0.6) is 5.75 Å². The van der Waals surface area contributed by atoms with Gasteiger partial charge in [0.1, 0.15) is 35.6 Å². The van der Waals surface area contributed by atoms with Gasteiger partial charge in [-0.1, -0.05) is 12.1 Å². The largest absolute Gasteiger partial charge is 0.497 e. The summed E-state index contributed by atoms with van der Waals surface area (Å²) < 4.78 is 10.5. The number of rotatable bonds is 6. The van der Waals surface area contributed by atoms with Crippen LogP contribution >= 0.6 is 11.8 Å². The van der Waals surface area contributed by atoms with Crippen molar-refractivity contribution in [2.45, 2.75) is 36.3 Å². The van der Waals surface area contributed by atoms with Crippen LogP contribution in [0.3, 0.4) is 0 Å². The number of aryl methyl sites for hydroxylation is 1. The van der Waals surface area contributed by atoms with E-state index >= 15 is 0 Å². The molecule has 4 N–H and O–H groups in total. The SMILES string of the molecule is COc1ccc(CCSC2OC(CO)C(O)C(O)C2O)cc1. The maximum atomic E-state index is 9.93. The molecule has 1 aromatic carbocycles. The van der Waals surface area contributed by atoms with Crippen molar-refractivity contribution in [2.75, 3.05) is 19.5 Å². The van der Waals surface area contributed by atoms with E-state index in [0.29, 0.717) is 5.75 Å². The number of benzene rings is 1. The Morgan fingerprint density at radius 3 is 2.36 bits per heavy atom. The lowest BCUT2D eigenvalue weighted by Crippen LogP contribution is -2.57. The highest BCUT2D eigenvalue weighted by atomic mass is 32.2. The van der Waals surface area contributed by atoms with Crippen molar-refractivity contribution in [1.29, 1.82) is 0 Å². The molecule has 1 heterocycles. The van der Waals surface area contributed by atoms with Gasteiger partial charge < -0.3 is 29.9 Å². The predicted octanol–water partition coefficient (Wildman–Crippen LogP) is -0.229. The number of hydrogen-bond acceptors (Lipinski definition) is 7. The highest BCUT2D eigenvalue weighted by Gasteiger charge is 2.43. The lowest BCUT2D eigenvalue weighted by atomic mass is 10.0. The Morgan fingerprint density at radius 2 is 1.77 bits per heavy atom. The molecule has 0 radical (unpaired) electrons. The molecule has 0 spiro atoms. The van der Waals surface area contributed by atoms with E-state index in [0.717, 1.165) is 17.7 Å². The zero-order valence-electron chi connectivity index (χ0n) is 12.3. The summed E-state index contributed by atoms with van der Waals surface area (Å²) >= 11 is 1.35. The van der Waals surface area contributed by atoms with Gasteiger partial charge in [-0.15, -0.1) is 11.8 Å². The lowest BCUT2D eigenvalue weighted by Gasteiger charge is -2.39. The number of methoxy groups -OCH3 is 1. The van der Waals surface area contributed by atoms with E-state index in [1.54, 1.807) is 7.11 Å². The van der Waals surface area contributed by atoms with Gasteiger partial charge in [0.15, 0.2) is 0 Å². The Bertz CT molecular complexity index is 452. The van der Waals surface area contributed by atoms with Gasteiger partial charge in [-0.2, -0.15) is 0 Å². The van der Waals surface area contributed by atoms with E-state index in [1.165, 1.54) is 11.8 Å². The molecule has 0 saturated carbocycles. The Labute approximate surface area is 133 Å². The Morgan fingerprint density at radius 1 is 1.09 bits per heavy atom. The van der Waals surface area contributed by atoms with E-state index in [1.807, 2.05) is 24.3 Å². The summed E-state index contributed by atoms with van der Waals surface area (Å²) in [5, 5.41) is 38.5. The van der Waals surface area contributed by atoms with Crippen LogP contribution in [0.25, 0.3) is 0 Å². The van der Waals surface area contributed by atoms with Gasteiger partial charge in [0.2, 0.25) is 0 Å². The van der Waals surface area contributed by atoms with Crippen LogP contribution in [0.4, 0.5) is 0 Å². The van der Waals surface area contributed by atoms with Crippen molar-refractivity contribution in [3.8, 4) is 5.75 Å². The number of aliphatic hydroxyl groups is 4. The molecule has 1 aliphatic rings. The Hall–Kier alpha value is -0.830. The standard InChI is InChI=1S/C15H22O6S/c1-20-10-4-2-9(3-5-10)6-7-22-15-14(19)13(18)12(17)11(8-16)21-15/h2-5,11-19H,6-8H2,1H3. The third-order valence-corrected chi connectivity index (χ3v) is 4.84. The Kier molecular flexibility index (Phi) is 6.49. The second-order valence-electron chi connectivity index (χ2n) is 5.17. The maximum absolute atomic E-state index is 9.93. The van der Waals surface area contributed by atoms with Crippen LogP contribution in [0.2, 0.25) is 0 Å². The molecule has 1 aliphatic heterocycles. The molecule has 1 saturated heterocycles. The topological polar surface area (TPSA) is 99.4 Å². The van der Waals surface area contributed by atoms with Crippen molar-refractivity contribution >= 4 is 11.8 Å². The van der Waals surface area contributed by atoms with Gasteiger partial charge in [-0.05, 0) is 29.9 Å². The highest BCUT2D eigenvalue weighted by Crippen LogP contribution is 2.29. The van der Waals surface area contributed by atoms with Crippen molar-refractivity contribution < 1.29 is 29.9 Å². The van der Waals surface area contributed by atoms with E-state index < -0.39 is 36.5 Å². The molecule has 22 heavy (non-hydrogen) atoms. The van der Waals surface area contributed by atoms with Crippen molar-refractivity contribution in [3.63, 3.8) is 0 Å². The fourth-order valence-corrected chi connectivity index (χ4v) is 3.46. The summed E-state index contributed by atoms with van der Waals surface area (Å²) in [4.78, 5) is 0. The van der Waals surface area contributed by atoms with E-state index in [9.17, 15) is 15.3 Å². The second-order valence-corrected chi connectivity index (χ2v) is 6.37. The monoisotopic (exact) mass is 330 g/mol. The minimum absolute atomic E-state index is 0.402. The zero-order valence-corrected chi connectivity index (χ0v) is 13.1. The average Bonchev–Trinajstić information content (AvgIpc) is 2.55. The van der Waals surface area contributed by atoms with Gasteiger partial charge in [-0.25, -0.2) is 0 Å². The van der Waals surface area contributed by atoms with Crippen LogP contribution in [0.15, 0.2) is 24.3 Å².